The topological polar surface area (TPSA) is 68.2 Å². The fraction of sp³-hybridized carbons (Fsp3) is 0.360. The first-order chi connectivity index (χ1) is 14.5. The van der Waals surface area contributed by atoms with E-state index in [-0.39, 0.29) is 12.1 Å². The number of allylic oxidation sites excluding steroid dienone is 1. The third kappa shape index (κ3) is 3.91. The van der Waals surface area contributed by atoms with Gasteiger partial charge in [0.05, 0.1) is 23.5 Å². The first-order valence-corrected chi connectivity index (χ1v) is 10.6. The number of likely N-dealkylation sites (tertiary alicyclic amines) is 1. The first-order valence-electron chi connectivity index (χ1n) is 10.6. The lowest BCUT2D eigenvalue weighted by molar-refractivity contribution is 0.0713. The van der Waals surface area contributed by atoms with E-state index in [1.54, 1.807) is 0 Å². The molecule has 2 aromatic carbocycles. The van der Waals surface area contributed by atoms with Crippen molar-refractivity contribution in [3.05, 3.63) is 76.0 Å². The van der Waals surface area contributed by atoms with Crippen LogP contribution in [0.15, 0.2) is 48.2 Å². The lowest BCUT2D eigenvalue weighted by Crippen LogP contribution is -2.38. The van der Waals surface area contributed by atoms with Crippen LogP contribution >= 0.6 is 0 Å². The maximum absolute atomic E-state index is 13.2. The van der Waals surface area contributed by atoms with Gasteiger partial charge in [-0.1, -0.05) is 18.2 Å². The van der Waals surface area contributed by atoms with Gasteiger partial charge in [-0.3, -0.25) is 4.79 Å². The monoisotopic (exact) mass is 400 g/mol. The Morgan fingerprint density at radius 2 is 1.77 bits per heavy atom. The smallest absolute Gasteiger partial charge is 0.253 e. The summed E-state index contributed by atoms with van der Waals surface area (Å²) < 4.78 is 0. The van der Waals surface area contributed by atoms with Crippen LogP contribution in [0.3, 0.4) is 0 Å². The number of hydrogen-bond donors (Lipinski definition) is 2. The molecule has 1 amide bonds. The highest BCUT2D eigenvalue weighted by molar-refractivity contribution is 5.95. The van der Waals surface area contributed by atoms with Crippen molar-refractivity contribution < 1.29 is 4.79 Å². The van der Waals surface area contributed by atoms with E-state index in [2.05, 4.69) is 37.5 Å². The normalized spacial score (nSPS) is 19.3. The lowest BCUT2D eigenvalue weighted by atomic mass is 9.88. The van der Waals surface area contributed by atoms with Crippen LogP contribution in [-0.4, -0.2) is 30.1 Å². The summed E-state index contributed by atoms with van der Waals surface area (Å²) in [6.45, 7) is 7.74. The van der Waals surface area contributed by atoms with Crippen LogP contribution < -0.4 is 10.6 Å². The third-order valence-corrected chi connectivity index (χ3v) is 6.22. The number of aryl methyl sites for hydroxylation is 1. The van der Waals surface area contributed by atoms with Crippen molar-refractivity contribution in [2.75, 3.05) is 13.1 Å². The van der Waals surface area contributed by atoms with Gasteiger partial charge in [-0.15, -0.1) is 0 Å². The molecule has 2 N–H and O–H groups in total. The van der Waals surface area contributed by atoms with Crippen molar-refractivity contribution >= 4 is 11.6 Å². The average Bonchev–Trinajstić information content (AvgIpc) is 3.11. The quantitative estimate of drug-likeness (QED) is 0.813. The van der Waals surface area contributed by atoms with Gasteiger partial charge in [-0.2, -0.15) is 5.26 Å². The second-order valence-electron chi connectivity index (χ2n) is 8.34. The first kappa shape index (κ1) is 20.0. The SMILES string of the molecule is CC1=C(c2cc(C(=O)N3CCC(c4ccc(C#N)cc4)CC3)ccc2C)NC(C)N1. The lowest BCUT2D eigenvalue weighted by Gasteiger charge is -2.32. The van der Waals surface area contributed by atoms with Crippen molar-refractivity contribution in [1.82, 2.24) is 15.5 Å². The van der Waals surface area contributed by atoms with Crippen molar-refractivity contribution in [2.45, 2.75) is 45.7 Å². The Bertz CT molecular complexity index is 1020. The molecular formula is C25H28N4O. The number of nitrogens with one attached hydrogen (secondary N) is 2. The molecule has 0 aliphatic carbocycles. The molecule has 30 heavy (non-hydrogen) atoms. The molecule has 4 rings (SSSR count). The number of carbonyl (C=O) groups is 1. The molecule has 0 bridgehead atoms. The summed E-state index contributed by atoms with van der Waals surface area (Å²) in [6.07, 6.45) is 2.09. The van der Waals surface area contributed by atoms with Crippen LogP contribution in [0.4, 0.5) is 0 Å². The number of rotatable bonds is 3. The summed E-state index contributed by atoms with van der Waals surface area (Å²) in [4.78, 5) is 15.2. The van der Waals surface area contributed by atoms with Crippen LogP contribution in [0.5, 0.6) is 0 Å². The third-order valence-electron chi connectivity index (χ3n) is 6.22. The van der Waals surface area contributed by atoms with Gasteiger partial charge in [0.2, 0.25) is 0 Å². The molecular weight excluding hydrogens is 372 g/mol. The molecule has 5 nitrogen and oxygen atoms in total. The van der Waals surface area contributed by atoms with E-state index in [0.29, 0.717) is 11.5 Å². The Balaban J connectivity index is 1.46. The zero-order valence-corrected chi connectivity index (χ0v) is 17.8. The van der Waals surface area contributed by atoms with E-state index in [0.717, 1.165) is 54.0 Å². The number of amides is 1. The van der Waals surface area contributed by atoms with E-state index < -0.39 is 0 Å². The number of nitrogens with zero attached hydrogens (tertiary/aromatic N) is 2. The predicted octanol–water partition coefficient (Wildman–Crippen LogP) is 4.11. The van der Waals surface area contributed by atoms with Crippen molar-refractivity contribution in [1.29, 1.82) is 5.26 Å². The summed E-state index contributed by atoms with van der Waals surface area (Å²) in [5.74, 6) is 0.546. The maximum Gasteiger partial charge on any atom is 0.253 e. The van der Waals surface area contributed by atoms with Gasteiger partial charge < -0.3 is 15.5 Å². The predicted molar refractivity (Wildman–Crippen MR) is 119 cm³/mol. The van der Waals surface area contributed by atoms with E-state index in [4.69, 9.17) is 5.26 Å². The molecule has 2 aliphatic rings. The zero-order valence-electron chi connectivity index (χ0n) is 17.8. The fourth-order valence-electron chi connectivity index (χ4n) is 4.49. The Labute approximate surface area is 178 Å². The van der Waals surface area contributed by atoms with Gasteiger partial charge in [-0.25, -0.2) is 0 Å². The highest BCUT2D eigenvalue weighted by Crippen LogP contribution is 2.30. The van der Waals surface area contributed by atoms with E-state index in [1.807, 2.05) is 47.4 Å². The molecule has 0 spiro atoms. The molecule has 0 radical (unpaired) electrons. The molecule has 0 aromatic heterocycles. The van der Waals surface area contributed by atoms with Crippen LogP contribution in [0.2, 0.25) is 0 Å². The second-order valence-corrected chi connectivity index (χ2v) is 8.34. The van der Waals surface area contributed by atoms with Crippen molar-refractivity contribution in [3.63, 3.8) is 0 Å². The molecule has 1 atom stereocenters. The Hall–Kier alpha value is -3.26. The average molecular weight is 401 g/mol. The van der Waals surface area contributed by atoms with Crippen LogP contribution in [0.25, 0.3) is 5.70 Å². The van der Waals surface area contributed by atoms with Gasteiger partial charge in [0, 0.05) is 29.9 Å². The highest BCUT2D eigenvalue weighted by atomic mass is 16.2. The van der Waals surface area contributed by atoms with Crippen molar-refractivity contribution in [3.8, 4) is 6.07 Å². The molecule has 154 valence electrons. The zero-order chi connectivity index (χ0) is 21.3. The molecule has 1 unspecified atom stereocenters. The van der Waals surface area contributed by atoms with Gasteiger partial charge in [-0.05, 0) is 74.9 Å². The van der Waals surface area contributed by atoms with E-state index in [1.165, 1.54) is 5.56 Å². The summed E-state index contributed by atoms with van der Waals surface area (Å²) >= 11 is 0. The van der Waals surface area contributed by atoms with Gasteiger partial charge in [0.25, 0.3) is 5.91 Å². The van der Waals surface area contributed by atoms with E-state index >= 15 is 0 Å². The summed E-state index contributed by atoms with van der Waals surface area (Å²) in [5, 5.41) is 15.8. The number of carbonyl (C=O) groups excluding carboxylic acids is 1. The number of hydrogen-bond acceptors (Lipinski definition) is 4. The molecule has 1 fully saturated rings. The fourth-order valence-corrected chi connectivity index (χ4v) is 4.49. The summed E-state index contributed by atoms with van der Waals surface area (Å²) in [5.41, 5.74) is 7.12. The number of nitriles is 1. The largest absolute Gasteiger partial charge is 0.367 e. The minimum Gasteiger partial charge on any atom is -0.367 e. The maximum atomic E-state index is 13.2. The Kier molecular flexibility index (Phi) is 5.50. The molecule has 0 saturated carbocycles. The Morgan fingerprint density at radius 1 is 1.07 bits per heavy atom. The Morgan fingerprint density at radius 3 is 2.37 bits per heavy atom. The standard InChI is InChI=1S/C25H28N4O/c1-16-4-7-22(14-23(16)24-17(2)27-18(3)28-24)25(30)29-12-10-21(11-13-29)20-8-5-19(15-26)6-9-20/h4-9,14,18,21,27-28H,10-13H2,1-3H3. The minimum atomic E-state index is 0.104. The second kappa shape index (κ2) is 8.23. The molecule has 2 aromatic rings. The summed E-state index contributed by atoms with van der Waals surface area (Å²) in [6, 6.07) is 16.0. The van der Waals surface area contributed by atoms with E-state index in [9.17, 15) is 4.79 Å². The summed E-state index contributed by atoms with van der Waals surface area (Å²) in [7, 11) is 0. The van der Waals surface area contributed by atoms with Crippen LogP contribution in [-0.2, 0) is 0 Å². The van der Waals surface area contributed by atoms with Crippen LogP contribution in [0, 0.1) is 18.3 Å². The number of benzene rings is 2. The van der Waals surface area contributed by atoms with Crippen molar-refractivity contribution in [2.24, 2.45) is 0 Å². The molecule has 1 saturated heterocycles. The van der Waals surface area contributed by atoms with Gasteiger partial charge in [0.15, 0.2) is 0 Å². The minimum absolute atomic E-state index is 0.104. The highest BCUT2D eigenvalue weighted by Gasteiger charge is 2.26. The molecule has 2 aliphatic heterocycles. The number of piperidine rings is 1. The molecule has 5 heteroatoms. The molecule has 2 heterocycles. The van der Waals surface area contributed by atoms with Gasteiger partial charge in [0.1, 0.15) is 0 Å². The van der Waals surface area contributed by atoms with Gasteiger partial charge >= 0.3 is 0 Å². The van der Waals surface area contributed by atoms with Crippen LogP contribution in [0.1, 0.15) is 65.2 Å².